The molecule has 0 aliphatic carbocycles. The van der Waals surface area contributed by atoms with Crippen LogP contribution in [0.2, 0.25) is 0 Å². The molecule has 1 aromatic heterocycles. The van der Waals surface area contributed by atoms with Crippen molar-refractivity contribution in [3.63, 3.8) is 0 Å². The van der Waals surface area contributed by atoms with Crippen molar-refractivity contribution in [2.45, 2.75) is 0 Å². The Hall–Kier alpha value is -6.90. The molecule has 0 aliphatic rings. The number of nitrogens with zero attached hydrogens (tertiary/aromatic N) is 2. The Bertz CT molecular complexity index is 2790. The molecule has 1 heterocycles. The van der Waals surface area contributed by atoms with Crippen LogP contribution in [0, 0.1) is 0 Å². The third-order valence-electron chi connectivity index (χ3n) is 10.4. The van der Waals surface area contributed by atoms with E-state index in [2.05, 4.69) is 216 Å². The number of hydrogen-bond donors (Lipinski definition) is 0. The molecule has 0 atom stereocenters. The highest BCUT2D eigenvalue weighted by atomic mass is 15.1. The van der Waals surface area contributed by atoms with Gasteiger partial charge in [0.1, 0.15) is 0 Å². The van der Waals surface area contributed by atoms with Gasteiger partial charge in [-0.2, -0.15) is 0 Å². The summed E-state index contributed by atoms with van der Waals surface area (Å²) in [6, 6.07) is 74.7. The third-order valence-corrected chi connectivity index (χ3v) is 10.4. The van der Waals surface area contributed by atoms with E-state index < -0.39 is 0 Å². The molecule has 0 aliphatic heterocycles. The normalized spacial score (nSPS) is 11.5. The zero-order valence-corrected chi connectivity index (χ0v) is 28.5. The van der Waals surface area contributed by atoms with Gasteiger partial charge in [-0.1, -0.05) is 152 Å². The zero-order chi connectivity index (χ0) is 34.4. The van der Waals surface area contributed by atoms with E-state index in [1.165, 1.54) is 65.6 Å². The van der Waals surface area contributed by atoms with Gasteiger partial charge in [0.25, 0.3) is 0 Å². The molecule has 2 heteroatoms. The second kappa shape index (κ2) is 12.5. The SMILES string of the molecule is c1ccc(-c2ccc(N(c3ccc(-c4ccccc4)cc3)c3ccc4c(c3)c3ccc5ccccc5c3n4-c3ccc4ccccc4c3)cc2)cc1. The monoisotopic (exact) mass is 662 g/mol. The Labute approximate surface area is 303 Å². The highest BCUT2D eigenvalue weighted by Gasteiger charge is 2.19. The van der Waals surface area contributed by atoms with E-state index >= 15 is 0 Å². The quantitative estimate of drug-likeness (QED) is 0.172. The molecular weight excluding hydrogens is 629 g/mol. The molecule has 0 saturated carbocycles. The summed E-state index contributed by atoms with van der Waals surface area (Å²) in [6.45, 7) is 0. The molecular formula is C50H34N2. The van der Waals surface area contributed by atoms with Crippen LogP contribution in [-0.2, 0) is 0 Å². The van der Waals surface area contributed by atoms with Gasteiger partial charge in [-0.05, 0) is 93.0 Å². The predicted molar refractivity (Wildman–Crippen MR) is 221 cm³/mol. The van der Waals surface area contributed by atoms with E-state index in [0.29, 0.717) is 0 Å². The molecule has 0 radical (unpaired) electrons. The number of hydrogen-bond acceptors (Lipinski definition) is 1. The first kappa shape index (κ1) is 30.0. The first-order valence-corrected chi connectivity index (χ1v) is 17.8. The molecule has 0 bridgehead atoms. The molecule has 0 amide bonds. The van der Waals surface area contributed by atoms with Gasteiger partial charge in [0.15, 0.2) is 0 Å². The summed E-state index contributed by atoms with van der Waals surface area (Å²) in [6.07, 6.45) is 0. The highest BCUT2D eigenvalue weighted by molar-refractivity contribution is 6.19. The molecule has 244 valence electrons. The summed E-state index contributed by atoms with van der Waals surface area (Å²) >= 11 is 0. The van der Waals surface area contributed by atoms with Gasteiger partial charge in [0.2, 0.25) is 0 Å². The Kier molecular flexibility index (Phi) is 7.18. The van der Waals surface area contributed by atoms with E-state index in [-0.39, 0.29) is 0 Å². The average Bonchev–Trinajstić information content (AvgIpc) is 3.56. The summed E-state index contributed by atoms with van der Waals surface area (Å²) in [7, 11) is 0. The minimum absolute atomic E-state index is 1.11. The van der Waals surface area contributed by atoms with Gasteiger partial charge < -0.3 is 9.47 Å². The molecule has 0 saturated heterocycles. The molecule has 10 aromatic rings. The molecule has 10 rings (SSSR count). The van der Waals surface area contributed by atoms with Crippen molar-refractivity contribution < 1.29 is 0 Å². The zero-order valence-electron chi connectivity index (χ0n) is 28.5. The molecule has 0 N–H and O–H groups in total. The Balaban J connectivity index is 1.18. The van der Waals surface area contributed by atoms with E-state index in [9.17, 15) is 0 Å². The van der Waals surface area contributed by atoms with E-state index in [1.807, 2.05) is 0 Å². The first-order chi connectivity index (χ1) is 25.8. The Morgan fingerprint density at radius 1 is 0.308 bits per heavy atom. The van der Waals surface area contributed by atoms with Crippen molar-refractivity contribution in [1.82, 2.24) is 4.57 Å². The van der Waals surface area contributed by atoms with Gasteiger partial charge in [0, 0.05) is 38.9 Å². The summed E-state index contributed by atoms with van der Waals surface area (Å²) in [5.41, 5.74) is 11.7. The highest BCUT2D eigenvalue weighted by Crippen LogP contribution is 2.42. The fraction of sp³-hybridized carbons (Fsp3) is 0. The lowest BCUT2D eigenvalue weighted by Gasteiger charge is -2.26. The van der Waals surface area contributed by atoms with Crippen LogP contribution in [0.1, 0.15) is 0 Å². The van der Waals surface area contributed by atoms with Gasteiger partial charge in [-0.3, -0.25) is 0 Å². The lowest BCUT2D eigenvalue weighted by Crippen LogP contribution is -2.10. The number of aromatic nitrogens is 1. The summed E-state index contributed by atoms with van der Waals surface area (Å²) in [5.74, 6) is 0. The molecule has 0 spiro atoms. The average molecular weight is 663 g/mol. The number of benzene rings is 9. The summed E-state index contributed by atoms with van der Waals surface area (Å²) in [4.78, 5) is 2.38. The van der Waals surface area contributed by atoms with Crippen LogP contribution < -0.4 is 4.90 Å². The number of rotatable bonds is 6. The predicted octanol–water partition coefficient (Wildman–Crippen LogP) is 13.9. The molecule has 9 aromatic carbocycles. The number of anilines is 3. The van der Waals surface area contributed by atoms with Gasteiger partial charge in [-0.25, -0.2) is 0 Å². The van der Waals surface area contributed by atoms with E-state index in [4.69, 9.17) is 0 Å². The molecule has 0 unspecified atom stereocenters. The molecule has 0 fully saturated rings. The second-order valence-corrected chi connectivity index (χ2v) is 13.4. The van der Waals surface area contributed by atoms with Crippen molar-refractivity contribution in [3.8, 4) is 27.9 Å². The lowest BCUT2D eigenvalue weighted by atomic mass is 10.0. The molecule has 2 nitrogen and oxygen atoms in total. The van der Waals surface area contributed by atoms with Crippen LogP contribution >= 0.6 is 0 Å². The maximum atomic E-state index is 2.46. The Morgan fingerprint density at radius 2 is 0.827 bits per heavy atom. The van der Waals surface area contributed by atoms with Crippen molar-refractivity contribution in [2.24, 2.45) is 0 Å². The smallest absolute Gasteiger partial charge is 0.0619 e. The summed E-state index contributed by atoms with van der Waals surface area (Å²) in [5, 5.41) is 7.41. The van der Waals surface area contributed by atoms with Gasteiger partial charge in [0.05, 0.1) is 11.0 Å². The van der Waals surface area contributed by atoms with Crippen molar-refractivity contribution in [3.05, 3.63) is 206 Å². The number of fused-ring (bicyclic) bond motifs is 6. The van der Waals surface area contributed by atoms with Crippen molar-refractivity contribution in [1.29, 1.82) is 0 Å². The topological polar surface area (TPSA) is 8.17 Å². The van der Waals surface area contributed by atoms with Crippen LogP contribution in [0.25, 0.3) is 71.3 Å². The van der Waals surface area contributed by atoms with Crippen molar-refractivity contribution in [2.75, 3.05) is 4.90 Å². The fourth-order valence-electron chi connectivity index (χ4n) is 7.81. The first-order valence-electron chi connectivity index (χ1n) is 17.8. The lowest BCUT2D eigenvalue weighted by molar-refractivity contribution is 1.19. The molecule has 52 heavy (non-hydrogen) atoms. The van der Waals surface area contributed by atoms with Crippen LogP contribution in [-0.4, -0.2) is 4.57 Å². The van der Waals surface area contributed by atoms with Crippen LogP contribution in [0.3, 0.4) is 0 Å². The summed E-state index contributed by atoms with van der Waals surface area (Å²) < 4.78 is 2.46. The fourth-order valence-corrected chi connectivity index (χ4v) is 7.81. The second-order valence-electron chi connectivity index (χ2n) is 13.4. The van der Waals surface area contributed by atoms with Gasteiger partial charge >= 0.3 is 0 Å². The minimum atomic E-state index is 1.11. The minimum Gasteiger partial charge on any atom is -0.310 e. The van der Waals surface area contributed by atoms with Crippen molar-refractivity contribution >= 4 is 60.4 Å². The Morgan fingerprint density at radius 3 is 1.48 bits per heavy atom. The van der Waals surface area contributed by atoms with E-state index in [0.717, 1.165) is 22.7 Å². The van der Waals surface area contributed by atoms with Crippen LogP contribution in [0.4, 0.5) is 17.1 Å². The van der Waals surface area contributed by atoms with E-state index in [1.54, 1.807) is 0 Å². The maximum Gasteiger partial charge on any atom is 0.0619 e. The maximum absolute atomic E-state index is 2.46. The third kappa shape index (κ3) is 5.12. The standard InChI is InChI=1S/C50H34N2/c1-3-11-35(12-4-1)38-19-25-42(26-20-38)51(43-27-21-39(22-28-43)36-13-5-2-6-14-36)45-30-32-49-48(34-45)47-31-24-40-16-9-10-18-46(40)50(47)52(49)44-29-23-37-15-7-8-17-41(37)33-44/h1-34H. The van der Waals surface area contributed by atoms with Crippen LogP contribution in [0.5, 0.6) is 0 Å². The largest absolute Gasteiger partial charge is 0.310 e. The van der Waals surface area contributed by atoms with Gasteiger partial charge in [-0.15, -0.1) is 0 Å². The van der Waals surface area contributed by atoms with Crippen LogP contribution in [0.15, 0.2) is 206 Å².